The SMILES string of the molecule is CCOC(=O)CCc1ccc(Oc2cccc(CCN)c2)cc1CC. The lowest BCUT2D eigenvalue weighted by Crippen LogP contribution is -2.06. The van der Waals surface area contributed by atoms with E-state index >= 15 is 0 Å². The quantitative estimate of drug-likeness (QED) is 0.699. The van der Waals surface area contributed by atoms with E-state index in [1.165, 1.54) is 16.7 Å². The minimum atomic E-state index is -0.151. The van der Waals surface area contributed by atoms with Crippen molar-refractivity contribution in [2.24, 2.45) is 5.73 Å². The number of carbonyl (C=O) groups excluding carboxylic acids is 1. The van der Waals surface area contributed by atoms with Gasteiger partial charge in [0, 0.05) is 6.42 Å². The summed E-state index contributed by atoms with van der Waals surface area (Å²) in [6, 6.07) is 14.0. The smallest absolute Gasteiger partial charge is 0.306 e. The van der Waals surface area contributed by atoms with Gasteiger partial charge in [0.15, 0.2) is 0 Å². The number of esters is 1. The highest BCUT2D eigenvalue weighted by molar-refractivity contribution is 5.69. The summed E-state index contributed by atoms with van der Waals surface area (Å²) >= 11 is 0. The Morgan fingerprint density at radius 1 is 1.00 bits per heavy atom. The molecule has 0 saturated heterocycles. The number of benzene rings is 2. The predicted octanol–water partition coefficient (Wildman–Crippen LogP) is 4.04. The van der Waals surface area contributed by atoms with Crippen molar-refractivity contribution in [3.63, 3.8) is 0 Å². The zero-order valence-electron chi connectivity index (χ0n) is 15.1. The molecule has 0 unspecified atom stereocenters. The van der Waals surface area contributed by atoms with E-state index in [0.717, 1.165) is 24.3 Å². The fraction of sp³-hybridized carbons (Fsp3) is 0.381. The molecule has 0 bridgehead atoms. The first kappa shape index (κ1) is 19.0. The summed E-state index contributed by atoms with van der Waals surface area (Å²) in [6.07, 6.45) is 2.82. The number of rotatable bonds is 9. The molecule has 0 spiro atoms. The van der Waals surface area contributed by atoms with Crippen molar-refractivity contribution in [2.45, 2.75) is 39.5 Å². The van der Waals surface area contributed by atoms with Gasteiger partial charge in [-0.2, -0.15) is 0 Å². The van der Waals surface area contributed by atoms with Gasteiger partial charge in [-0.25, -0.2) is 0 Å². The van der Waals surface area contributed by atoms with Crippen molar-refractivity contribution in [2.75, 3.05) is 13.2 Å². The fourth-order valence-electron chi connectivity index (χ4n) is 2.78. The molecular weight excluding hydrogens is 314 g/mol. The lowest BCUT2D eigenvalue weighted by atomic mass is 10.0. The van der Waals surface area contributed by atoms with E-state index < -0.39 is 0 Å². The van der Waals surface area contributed by atoms with Crippen molar-refractivity contribution in [1.29, 1.82) is 0 Å². The van der Waals surface area contributed by atoms with Crippen LogP contribution in [0, 0.1) is 0 Å². The summed E-state index contributed by atoms with van der Waals surface area (Å²) < 4.78 is 11.0. The Morgan fingerprint density at radius 3 is 2.52 bits per heavy atom. The Morgan fingerprint density at radius 2 is 1.80 bits per heavy atom. The highest BCUT2D eigenvalue weighted by Crippen LogP contribution is 2.26. The Bertz CT molecular complexity index is 697. The molecule has 0 radical (unpaired) electrons. The van der Waals surface area contributed by atoms with Gasteiger partial charge >= 0.3 is 5.97 Å². The van der Waals surface area contributed by atoms with Crippen LogP contribution < -0.4 is 10.5 Å². The first-order chi connectivity index (χ1) is 12.2. The second-order valence-corrected chi connectivity index (χ2v) is 5.88. The fourth-order valence-corrected chi connectivity index (χ4v) is 2.78. The molecular formula is C21H27NO3. The van der Waals surface area contributed by atoms with Gasteiger partial charge in [-0.1, -0.05) is 25.1 Å². The summed E-state index contributed by atoms with van der Waals surface area (Å²) in [5, 5.41) is 0. The third kappa shape index (κ3) is 5.91. The van der Waals surface area contributed by atoms with Gasteiger partial charge < -0.3 is 15.2 Å². The van der Waals surface area contributed by atoms with Gasteiger partial charge in [0.25, 0.3) is 0 Å². The molecule has 134 valence electrons. The van der Waals surface area contributed by atoms with Crippen LogP contribution >= 0.6 is 0 Å². The number of carbonyl (C=O) groups is 1. The molecule has 0 aliphatic carbocycles. The molecule has 2 rings (SSSR count). The highest BCUT2D eigenvalue weighted by Gasteiger charge is 2.08. The van der Waals surface area contributed by atoms with Crippen molar-refractivity contribution >= 4 is 5.97 Å². The van der Waals surface area contributed by atoms with Crippen molar-refractivity contribution in [3.8, 4) is 11.5 Å². The average molecular weight is 341 g/mol. The molecule has 0 aliphatic rings. The average Bonchev–Trinajstić information content (AvgIpc) is 2.61. The Labute approximate surface area is 150 Å². The molecule has 0 amide bonds. The van der Waals surface area contributed by atoms with Gasteiger partial charge in [-0.15, -0.1) is 0 Å². The van der Waals surface area contributed by atoms with Crippen LogP contribution in [-0.4, -0.2) is 19.1 Å². The molecule has 0 aliphatic heterocycles. The van der Waals surface area contributed by atoms with Gasteiger partial charge in [-0.3, -0.25) is 4.79 Å². The first-order valence-corrected chi connectivity index (χ1v) is 8.90. The lowest BCUT2D eigenvalue weighted by Gasteiger charge is -2.12. The molecule has 0 saturated carbocycles. The minimum Gasteiger partial charge on any atom is -0.466 e. The summed E-state index contributed by atoms with van der Waals surface area (Å²) in [7, 11) is 0. The third-order valence-electron chi connectivity index (χ3n) is 4.03. The van der Waals surface area contributed by atoms with Crippen molar-refractivity contribution in [1.82, 2.24) is 0 Å². The van der Waals surface area contributed by atoms with Crippen LogP contribution in [0.5, 0.6) is 11.5 Å². The van der Waals surface area contributed by atoms with Crippen LogP contribution in [-0.2, 0) is 28.8 Å². The molecule has 2 aromatic rings. The van der Waals surface area contributed by atoms with E-state index in [-0.39, 0.29) is 5.97 Å². The van der Waals surface area contributed by atoms with Crippen molar-refractivity contribution in [3.05, 3.63) is 59.2 Å². The topological polar surface area (TPSA) is 61.5 Å². The van der Waals surface area contributed by atoms with Crippen LogP contribution in [0.15, 0.2) is 42.5 Å². The molecule has 25 heavy (non-hydrogen) atoms. The molecule has 2 N–H and O–H groups in total. The molecule has 0 atom stereocenters. The highest BCUT2D eigenvalue weighted by atomic mass is 16.5. The maximum absolute atomic E-state index is 11.6. The zero-order chi connectivity index (χ0) is 18.1. The number of ether oxygens (including phenoxy) is 2. The van der Waals surface area contributed by atoms with Crippen LogP contribution in [0.3, 0.4) is 0 Å². The normalized spacial score (nSPS) is 10.5. The third-order valence-corrected chi connectivity index (χ3v) is 4.03. The minimum absolute atomic E-state index is 0.151. The number of hydrogen-bond donors (Lipinski definition) is 1. The second kappa shape index (κ2) is 9.84. The van der Waals surface area contributed by atoms with E-state index in [0.29, 0.717) is 26.0 Å². The van der Waals surface area contributed by atoms with Gasteiger partial charge in [0.05, 0.1) is 6.61 Å². The largest absolute Gasteiger partial charge is 0.466 e. The van der Waals surface area contributed by atoms with E-state index in [1.54, 1.807) is 0 Å². The summed E-state index contributed by atoms with van der Waals surface area (Å²) in [5.74, 6) is 1.47. The Balaban J connectivity index is 2.07. The van der Waals surface area contributed by atoms with Gasteiger partial charge in [0.2, 0.25) is 0 Å². The van der Waals surface area contributed by atoms with Crippen molar-refractivity contribution < 1.29 is 14.3 Å². The van der Waals surface area contributed by atoms with Crippen LogP contribution in [0.2, 0.25) is 0 Å². The Hall–Kier alpha value is -2.33. The van der Waals surface area contributed by atoms with Gasteiger partial charge in [-0.05, 0) is 73.7 Å². The molecule has 2 aromatic carbocycles. The first-order valence-electron chi connectivity index (χ1n) is 8.90. The van der Waals surface area contributed by atoms with E-state index in [9.17, 15) is 4.79 Å². The monoisotopic (exact) mass is 341 g/mol. The van der Waals surface area contributed by atoms with Gasteiger partial charge in [0.1, 0.15) is 11.5 Å². The lowest BCUT2D eigenvalue weighted by molar-refractivity contribution is -0.143. The van der Waals surface area contributed by atoms with Crippen LogP contribution in [0.4, 0.5) is 0 Å². The predicted molar refractivity (Wildman–Crippen MR) is 100 cm³/mol. The molecule has 0 heterocycles. The van der Waals surface area contributed by atoms with Crippen LogP contribution in [0.25, 0.3) is 0 Å². The summed E-state index contributed by atoms with van der Waals surface area (Å²) in [6.45, 7) is 4.98. The van der Waals surface area contributed by atoms with Crippen LogP contribution in [0.1, 0.15) is 37.0 Å². The maximum atomic E-state index is 11.6. The second-order valence-electron chi connectivity index (χ2n) is 5.88. The van der Waals surface area contributed by atoms with E-state index in [2.05, 4.69) is 19.1 Å². The number of nitrogens with two attached hydrogens (primary N) is 1. The number of hydrogen-bond acceptors (Lipinski definition) is 4. The molecule has 4 nitrogen and oxygen atoms in total. The van der Waals surface area contributed by atoms with E-state index in [4.69, 9.17) is 15.2 Å². The molecule has 0 aromatic heterocycles. The number of aryl methyl sites for hydroxylation is 2. The molecule has 0 fully saturated rings. The zero-order valence-corrected chi connectivity index (χ0v) is 15.1. The standard InChI is InChI=1S/C21H27NO3/c1-3-17-15-20(10-8-18(17)9-11-21(23)24-4-2)25-19-7-5-6-16(14-19)12-13-22/h5-8,10,14-15H,3-4,9,11-13,22H2,1-2H3. The summed E-state index contributed by atoms with van der Waals surface area (Å²) in [4.78, 5) is 11.6. The van der Waals surface area contributed by atoms with E-state index in [1.807, 2.05) is 37.3 Å². The summed E-state index contributed by atoms with van der Waals surface area (Å²) in [5.41, 5.74) is 9.14. The Kier molecular flexibility index (Phi) is 7.48. The maximum Gasteiger partial charge on any atom is 0.306 e. The molecule has 4 heteroatoms.